The van der Waals surface area contributed by atoms with E-state index in [4.69, 9.17) is 10.5 Å². The van der Waals surface area contributed by atoms with Crippen molar-refractivity contribution >= 4 is 5.97 Å². The molecule has 3 N–H and O–H groups in total. The van der Waals surface area contributed by atoms with Gasteiger partial charge in [-0.15, -0.1) is 0 Å². The molecule has 17 heavy (non-hydrogen) atoms. The Balaban J connectivity index is 2.13. The van der Waals surface area contributed by atoms with Gasteiger partial charge >= 0.3 is 5.97 Å². The van der Waals surface area contributed by atoms with E-state index in [0.717, 1.165) is 17.5 Å². The van der Waals surface area contributed by atoms with Crippen LogP contribution in [-0.2, 0) is 22.4 Å². The summed E-state index contributed by atoms with van der Waals surface area (Å²) in [5.74, 6) is 0.178. The zero-order valence-corrected chi connectivity index (χ0v) is 9.60. The minimum absolute atomic E-state index is 0.0479. The molecule has 0 aromatic heterocycles. The Kier molecular flexibility index (Phi) is 3.19. The SMILES string of the molecule is COC(=O)COc1cc(O)c2c(c1)CC(N)C2. The summed E-state index contributed by atoms with van der Waals surface area (Å²) in [7, 11) is 1.30. The Morgan fingerprint density at radius 3 is 3.00 bits per heavy atom. The van der Waals surface area contributed by atoms with Crippen LogP contribution < -0.4 is 10.5 Å². The molecule has 1 aliphatic carbocycles. The van der Waals surface area contributed by atoms with Crippen LogP contribution in [0.5, 0.6) is 11.5 Å². The lowest BCUT2D eigenvalue weighted by atomic mass is 10.1. The van der Waals surface area contributed by atoms with E-state index >= 15 is 0 Å². The summed E-state index contributed by atoms with van der Waals surface area (Å²) in [5, 5.41) is 9.80. The highest BCUT2D eigenvalue weighted by atomic mass is 16.6. The normalized spacial score (nSPS) is 17.6. The molecule has 0 aliphatic heterocycles. The van der Waals surface area contributed by atoms with Crippen molar-refractivity contribution in [3.05, 3.63) is 23.3 Å². The largest absolute Gasteiger partial charge is 0.508 e. The maximum absolute atomic E-state index is 10.9. The summed E-state index contributed by atoms with van der Waals surface area (Å²) in [4.78, 5) is 10.9. The van der Waals surface area contributed by atoms with Gasteiger partial charge in [-0.05, 0) is 30.0 Å². The van der Waals surface area contributed by atoms with Gasteiger partial charge in [0.2, 0.25) is 0 Å². The first kappa shape index (κ1) is 11.7. The number of carbonyl (C=O) groups is 1. The van der Waals surface area contributed by atoms with Crippen LogP contribution >= 0.6 is 0 Å². The van der Waals surface area contributed by atoms with Crippen LogP contribution in [0.3, 0.4) is 0 Å². The summed E-state index contributed by atoms with van der Waals surface area (Å²) in [6.07, 6.45) is 1.40. The highest BCUT2D eigenvalue weighted by Gasteiger charge is 2.22. The van der Waals surface area contributed by atoms with Gasteiger partial charge in [0, 0.05) is 12.1 Å². The van der Waals surface area contributed by atoms with Gasteiger partial charge < -0.3 is 20.3 Å². The molecule has 0 radical (unpaired) electrons. The minimum atomic E-state index is -0.457. The van der Waals surface area contributed by atoms with E-state index < -0.39 is 5.97 Å². The van der Waals surface area contributed by atoms with Crippen molar-refractivity contribution in [1.82, 2.24) is 0 Å². The molecule has 92 valence electrons. The van der Waals surface area contributed by atoms with E-state index in [1.165, 1.54) is 13.2 Å². The lowest BCUT2D eigenvalue weighted by Gasteiger charge is -2.08. The summed E-state index contributed by atoms with van der Waals surface area (Å²) in [5.41, 5.74) is 7.68. The summed E-state index contributed by atoms with van der Waals surface area (Å²) in [6.45, 7) is -0.166. The molecular formula is C12H15NO4. The first-order chi connectivity index (χ1) is 8.10. The summed E-state index contributed by atoms with van der Waals surface area (Å²) in [6, 6.07) is 3.36. The number of nitrogens with two attached hydrogens (primary N) is 1. The fourth-order valence-electron chi connectivity index (χ4n) is 2.01. The number of carbonyl (C=O) groups excluding carboxylic acids is 1. The molecule has 0 saturated carbocycles. The molecule has 2 rings (SSSR count). The minimum Gasteiger partial charge on any atom is -0.508 e. The number of benzene rings is 1. The standard InChI is InChI=1S/C12H15NO4/c1-16-12(15)6-17-9-3-7-2-8(13)4-10(7)11(14)5-9/h3,5,8,14H,2,4,6,13H2,1H3. The number of hydrogen-bond acceptors (Lipinski definition) is 5. The second-order valence-electron chi connectivity index (χ2n) is 4.11. The number of ether oxygens (including phenoxy) is 2. The van der Waals surface area contributed by atoms with Crippen molar-refractivity contribution < 1.29 is 19.4 Å². The third-order valence-electron chi connectivity index (χ3n) is 2.83. The average molecular weight is 237 g/mol. The van der Waals surface area contributed by atoms with Crippen LogP contribution in [0.15, 0.2) is 12.1 Å². The maximum Gasteiger partial charge on any atom is 0.343 e. The highest BCUT2D eigenvalue weighted by molar-refractivity contribution is 5.70. The van der Waals surface area contributed by atoms with Crippen LogP contribution in [0.4, 0.5) is 0 Å². The first-order valence-corrected chi connectivity index (χ1v) is 5.40. The third-order valence-corrected chi connectivity index (χ3v) is 2.83. The van der Waals surface area contributed by atoms with Crippen molar-refractivity contribution in [3.8, 4) is 11.5 Å². The molecule has 1 aromatic carbocycles. The van der Waals surface area contributed by atoms with Gasteiger partial charge in [0.05, 0.1) is 7.11 Å². The molecule has 0 amide bonds. The van der Waals surface area contributed by atoms with Gasteiger partial charge in [-0.2, -0.15) is 0 Å². The van der Waals surface area contributed by atoms with Gasteiger partial charge in [0.25, 0.3) is 0 Å². The van der Waals surface area contributed by atoms with Gasteiger partial charge in [-0.25, -0.2) is 4.79 Å². The third kappa shape index (κ3) is 2.50. The summed E-state index contributed by atoms with van der Waals surface area (Å²) < 4.78 is 9.69. The Morgan fingerprint density at radius 2 is 2.29 bits per heavy atom. The number of fused-ring (bicyclic) bond motifs is 1. The van der Waals surface area contributed by atoms with E-state index in [9.17, 15) is 9.90 Å². The van der Waals surface area contributed by atoms with Gasteiger partial charge in [-0.1, -0.05) is 0 Å². The molecule has 1 unspecified atom stereocenters. The molecule has 0 spiro atoms. The van der Waals surface area contributed by atoms with Crippen molar-refractivity contribution in [2.45, 2.75) is 18.9 Å². The van der Waals surface area contributed by atoms with E-state index in [1.807, 2.05) is 6.07 Å². The lowest BCUT2D eigenvalue weighted by Crippen LogP contribution is -2.19. The van der Waals surface area contributed by atoms with Crippen LogP contribution in [-0.4, -0.2) is 30.8 Å². The molecule has 5 heteroatoms. The second-order valence-corrected chi connectivity index (χ2v) is 4.11. The Morgan fingerprint density at radius 1 is 1.53 bits per heavy atom. The van der Waals surface area contributed by atoms with Gasteiger partial charge in [0.1, 0.15) is 11.5 Å². The van der Waals surface area contributed by atoms with Crippen molar-refractivity contribution in [2.75, 3.05) is 13.7 Å². The van der Waals surface area contributed by atoms with E-state index in [2.05, 4.69) is 4.74 Å². The van der Waals surface area contributed by atoms with Crippen LogP contribution in [0, 0.1) is 0 Å². The molecule has 0 fully saturated rings. The molecule has 1 atom stereocenters. The monoisotopic (exact) mass is 237 g/mol. The van der Waals surface area contributed by atoms with Crippen LogP contribution in [0.1, 0.15) is 11.1 Å². The number of hydrogen-bond donors (Lipinski definition) is 2. The number of aromatic hydroxyl groups is 1. The predicted octanol–water partition coefficient (Wildman–Crippen LogP) is 0.370. The number of phenols is 1. The molecular weight excluding hydrogens is 222 g/mol. The number of methoxy groups -OCH3 is 1. The Labute approximate surface area is 99.1 Å². The van der Waals surface area contributed by atoms with E-state index in [1.54, 1.807) is 0 Å². The maximum atomic E-state index is 10.9. The molecule has 1 aromatic rings. The smallest absolute Gasteiger partial charge is 0.343 e. The average Bonchev–Trinajstić information content (AvgIpc) is 2.67. The number of phenolic OH excluding ortho intramolecular Hbond substituents is 1. The second kappa shape index (κ2) is 4.63. The number of esters is 1. The van der Waals surface area contributed by atoms with Crippen LogP contribution in [0.25, 0.3) is 0 Å². The van der Waals surface area contributed by atoms with E-state index in [0.29, 0.717) is 12.2 Å². The van der Waals surface area contributed by atoms with Gasteiger partial charge in [-0.3, -0.25) is 0 Å². The molecule has 0 bridgehead atoms. The zero-order valence-electron chi connectivity index (χ0n) is 9.60. The topological polar surface area (TPSA) is 81.8 Å². The van der Waals surface area contributed by atoms with Crippen molar-refractivity contribution in [2.24, 2.45) is 5.73 Å². The zero-order chi connectivity index (χ0) is 12.4. The first-order valence-electron chi connectivity index (χ1n) is 5.40. The fourth-order valence-corrected chi connectivity index (χ4v) is 2.01. The van der Waals surface area contributed by atoms with Gasteiger partial charge in [0.15, 0.2) is 6.61 Å². The molecule has 1 aliphatic rings. The molecule has 0 saturated heterocycles. The van der Waals surface area contributed by atoms with Crippen molar-refractivity contribution in [1.29, 1.82) is 0 Å². The molecule has 0 heterocycles. The molecule has 5 nitrogen and oxygen atoms in total. The number of rotatable bonds is 3. The lowest BCUT2D eigenvalue weighted by molar-refractivity contribution is -0.142. The highest BCUT2D eigenvalue weighted by Crippen LogP contribution is 2.33. The Bertz CT molecular complexity index is 444. The van der Waals surface area contributed by atoms with E-state index in [-0.39, 0.29) is 18.4 Å². The Hall–Kier alpha value is -1.75. The quantitative estimate of drug-likeness (QED) is 0.742. The van der Waals surface area contributed by atoms with Crippen molar-refractivity contribution in [3.63, 3.8) is 0 Å². The van der Waals surface area contributed by atoms with Crippen LogP contribution in [0.2, 0.25) is 0 Å². The fraction of sp³-hybridized carbons (Fsp3) is 0.417. The predicted molar refractivity (Wildman–Crippen MR) is 61.0 cm³/mol. The summed E-state index contributed by atoms with van der Waals surface area (Å²) >= 11 is 0.